The molecule has 1 aliphatic carbocycles. The molecule has 2 heterocycles. The van der Waals surface area contributed by atoms with Gasteiger partial charge < -0.3 is 0 Å². The van der Waals surface area contributed by atoms with Crippen LogP contribution >= 0.6 is 0 Å². The molecule has 0 unspecified atom stereocenters. The second kappa shape index (κ2) is 10.6. The Labute approximate surface area is 186 Å². The minimum atomic E-state index is -4.42. The summed E-state index contributed by atoms with van der Waals surface area (Å²) in [6.07, 6.45) is 4.47. The molecule has 1 N–H and O–H groups in total. The Morgan fingerprint density at radius 1 is 1.03 bits per heavy atom. The minimum Gasteiger partial charge on any atom is -0.251 e. The predicted molar refractivity (Wildman–Crippen MR) is 118 cm³/mol. The van der Waals surface area contributed by atoms with Crippen molar-refractivity contribution in [1.29, 1.82) is 0 Å². The highest BCUT2D eigenvalue weighted by Crippen LogP contribution is 2.34. The molecule has 170 valence electrons. The van der Waals surface area contributed by atoms with Gasteiger partial charge in [0, 0.05) is 12.3 Å². The zero-order valence-electron chi connectivity index (χ0n) is 18.5. The molecule has 0 spiro atoms. The lowest BCUT2D eigenvalue weighted by Crippen LogP contribution is -2.36. The maximum atomic E-state index is 13.1. The van der Waals surface area contributed by atoms with E-state index in [-0.39, 0.29) is 17.9 Å². The van der Waals surface area contributed by atoms with E-state index in [1.54, 1.807) is 23.0 Å². The van der Waals surface area contributed by atoms with Crippen molar-refractivity contribution in [1.82, 2.24) is 9.97 Å². The molecule has 0 radical (unpaired) electrons. The third-order valence-electron chi connectivity index (χ3n) is 5.62. The molecule has 0 atom stereocenters. The van der Waals surface area contributed by atoms with Gasteiger partial charge in [-0.05, 0) is 36.6 Å². The molecule has 7 heteroatoms. The van der Waals surface area contributed by atoms with Crippen molar-refractivity contribution in [3.8, 4) is 5.95 Å². The van der Waals surface area contributed by atoms with Crippen LogP contribution in [0.2, 0.25) is 0 Å². The average Bonchev–Trinajstić information content (AvgIpc) is 2.82. The molecule has 2 aromatic heterocycles. The van der Waals surface area contributed by atoms with Gasteiger partial charge in [-0.15, -0.1) is 0 Å². The summed E-state index contributed by atoms with van der Waals surface area (Å²) in [5.41, 5.74) is 0.618. The van der Waals surface area contributed by atoms with Gasteiger partial charge in [0.15, 0.2) is 0 Å². The molecule has 1 aliphatic rings. The van der Waals surface area contributed by atoms with Crippen LogP contribution in [0.3, 0.4) is 0 Å². The van der Waals surface area contributed by atoms with Gasteiger partial charge in [-0.2, -0.15) is 13.2 Å². The molecule has 0 bridgehead atoms. The fourth-order valence-corrected chi connectivity index (χ4v) is 4.11. The van der Waals surface area contributed by atoms with E-state index in [9.17, 15) is 18.0 Å². The van der Waals surface area contributed by atoms with Crippen molar-refractivity contribution in [3.63, 3.8) is 0 Å². The van der Waals surface area contributed by atoms with Gasteiger partial charge in [0.25, 0.3) is 0 Å². The number of pyridine rings is 1. The second-order valence-electron chi connectivity index (χ2n) is 7.75. The first-order valence-electron chi connectivity index (χ1n) is 11.2. The molecule has 4 nitrogen and oxygen atoms in total. The highest BCUT2D eigenvalue weighted by molar-refractivity contribution is 5.33. The highest BCUT2D eigenvalue weighted by atomic mass is 19.4. The summed E-state index contributed by atoms with van der Waals surface area (Å²) in [5.74, 6) is 0.568. The van der Waals surface area contributed by atoms with Crippen molar-refractivity contribution >= 4 is 0 Å². The van der Waals surface area contributed by atoms with Gasteiger partial charge in [0.05, 0.1) is 23.5 Å². The molecule has 1 aromatic carbocycles. The van der Waals surface area contributed by atoms with Crippen LogP contribution in [0.5, 0.6) is 0 Å². The van der Waals surface area contributed by atoms with Gasteiger partial charge in [-0.25, -0.2) is 9.55 Å². The van der Waals surface area contributed by atoms with Crippen molar-refractivity contribution in [3.05, 3.63) is 87.6 Å². The smallest absolute Gasteiger partial charge is 0.251 e. The van der Waals surface area contributed by atoms with Crippen LogP contribution in [-0.2, 0) is 12.6 Å². The predicted octanol–water partition coefficient (Wildman–Crippen LogP) is 5.73. The standard InChI is InChI=1S/C23H22F3N3O.C2H6/c24-23(25,26)18-11-7-8-16(14-18)15-19-20(17-9-3-1-4-10-17)27-22(28-21(19)30)29-12-5-2-6-13-29;1-2/h2,5-8,11-14,17H,1,3-4,9-10,15H2;1-2H3/p+1. The van der Waals surface area contributed by atoms with E-state index in [0.29, 0.717) is 22.8 Å². The normalized spacial score (nSPS) is 14.5. The van der Waals surface area contributed by atoms with Crippen LogP contribution in [0.4, 0.5) is 13.2 Å². The molecule has 4 rings (SSSR count). The molecule has 0 amide bonds. The van der Waals surface area contributed by atoms with Crippen molar-refractivity contribution in [2.24, 2.45) is 0 Å². The van der Waals surface area contributed by atoms with Crippen LogP contribution in [0, 0.1) is 0 Å². The number of nitrogens with one attached hydrogen (secondary N) is 1. The Morgan fingerprint density at radius 2 is 1.72 bits per heavy atom. The molecule has 0 aliphatic heterocycles. The van der Waals surface area contributed by atoms with Gasteiger partial charge in [-0.1, -0.05) is 62.4 Å². The molecule has 32 heavy (non-hydrogen) atoms. The van der Waals surface area contributed by atoms with E-state index >= 15 is 0 Å². The number of H-pyrrole nitrogens is 1. The third-order valence-corrected chi connectivity index (χ3v) is 5.62. The first-order chi connectivity index (χ1) is 15.4. The molecular weight excluding hydrogens is 415 g/mol. The Morgan fingerprint density at radius 3 is 2.38 bits per heavy atom. The fraction of sp³-hybridized carbons (Fsp3) is 0.400. The Kier molecular flexibility index (Phi) is 7.83. The monoisotopic (exact) mass is 444 g/mol. The van der Waals surface area contributed by atoms with Crippen molar-refractivity contribution in [2.45, 2.75) is 64.5 Å². The summed E-state index contributed by atoms with van der Waals surface area (Å²) in [5, 5.41) is 0. The Hall–Kier alpha value is -2.96. The molecule has 1 saturated carbocycles. The summed E-state index contributed by atoms with van der Waals surface area (Å²) < 4.78 is 41.1. The van der Waals surface area contributed by atoms with Crippen LogP contribution in [0.25, 0.3) is 5.95 Å². The van der Waals surface area contributed by atoms with E-state index in [1.807, 2.05) is 32.0 Å². The quantitative estimate of drug-likeness (QED) is 0.523. The lowest BCUT2D eigenvalue weighted by molar-refractivity contribution is -0.603. The number of alkyl halides is 3. The zero-order chi connectivity index (χ0) is 23.1. The summed E-state index contributed by atoms with van der Waals surface area (Å²) in [6.45, 7) is 4.00. The Balaban J connectivity index is 0.00000141. The molecule has 1 fully saturated rings. The van der Waals surface area contributed by atoms with Crippen LogP contribution in [0.1, 0.15) is 74.3 Å². The largest absolute Gasteiger partial charge is 0.416 e. The molecule has 0 saturated heterocycles. The zero-order valence-corrected chi connectivity index (χ0v) is 18.5. The fourth-order valence-electron chi connectivity index (χ4n) is 4.11. The van der Waals surface area contributed by atoms with E-state index in [4.69, 9.17) is 4.98 Å². The topological polar surface area (TPSA) is 49.6 Å². The van der Waals surface area contributed by atoms with E-state index in [0.717, 1.165) is 44.2 Å². The third kappa shape index (κ3) is 5.64. The number of nitrogens with zero attached hydrogens (tertiary/aromatic N) is 2. The summed E-state index contributed by atoms with van der Waals surface area (Å²) >= 11 is 0. The first kappa shape index (κ1) is 23.7. The first-order valence-corrected chi connectivity index (χ1v) is 11.2. The minimum absolute atomic E-state index is 0.123. The van der Waals surface area contributed by atoms with Crippen LogP contribution in [-0.4, -0.2) is 9.97 Å². The summed E-state index contributed by atoms with van der Waals surface area (Å²) in [7, 11) is 0. The summed E-state index contributed by atoms with van der Waals surface area (Å²) in [4.78, 5) is 20.6. The van der Waals surface area contributed by atoms with Gasteiger partial charge >= 0.3 is 17.7 Å². The van der Waals surface area contributed by atoms with Crippen molar-refractivity contribution < 1.29 is 17.7 Å². The maximum Gasteiger partial charge on any atom is 0.416 e. The van der Waals surface area contributed by atoms with Gasteiger partial charge in [0.2, 0.25) is 0 Å². The number of hydrogen-bond acceptors (Lipinski definition) is 2. The SMILES string of the molecule is CC.O=c1[nH]c(-[n+]2ccccc2)nc(C2CCCCC2)c1Cc1cccc(C(F)(F)F)c1. The highest BCUT2D eigenvalue weighted by Gasteiger charge is 2.31. The number of aromatic nitrogens is 3. The van der Waals surface area contributed by atoms with Gasteiger partial charge in [-0.3, -0.25) is 4.79 Å². The molecular formula is C25H29F3N3O+. The number of benzene rings is 1. The number of hydrogen-bond donors (Lipinski definition) is 1. The van der Waals surface area contributed by atoms with E-state index in [2.05, 4.69) is 4.98 Å². The lowest BCUT2D eigenvalue weighted by atomic mass is 9.84. The number of rotatable bonds is 4. The Bertz CT molecular complexity index is 1070. The number of aromatic amines is 1. The summed E-state index contributed by atoms with van der Waals surface area (Å²) in [6, 6.07) is 10.7. The lowest BCUT2D eigenvalue weighted by Gasteiger charge is -2.21. The van der Waals surface area contributed by atoms with Crippen LogP contribution in [0.15, 0.2) is 59.7 Å². The van der Waals surface area contributed by atoms with Crippen LogP contribution < -0.4 is 10.1 Å². The molecule has 3 aromatic rings. The van der Waals surface area contributed by atoms with Gasteiger partial charge in [0.1, 0.15) is 5.69 Å². The maximum absolute atomic E-state index is 13.1. The second-order valence-corrected chi connectivity index (χ2v) is 7.75. The number of halogens is 3. The van der Waals surface area contributed by atoms with Crippen molar-refractivity contribution in [2.75, 3.05) is 0 Å². The van der Waals surface area contributed by atoms with E-state index < -0.39 is 11.7 Å². The average molecular weight is 445 g/mol. The van der Waals surface area contributed by atoms with E-state index in [1.165, 1.54) is 6.07 Å².